The van der Waals surface area contributed by atoms with Crippen molar-refractivity contribution in [2.45, 2.75) is 51.5 Å². The summed E-state index contributed by atoms with van der Waals surface area (Å²) in [5, 5.41) is 6.33. The SMILES string of the molecule is CCCOc1nc(NC)nc(NC2CCCCC2)n1. The third kappa shape index (κ3) is 4.22. The van der Waals surface area contributed by atoms with E-state index in [-0.39, 0.29) is 0 Å². The second-order valence-corrected chi connectivity index (χ2v) is 4.84. The molecule has 1 aliphatic rings. The number of hydrogen-bond donors (Lipinski definition) is 2. The zero-order valence-corrected chi connectivity index (χ0v) is 11.8. The molecule has 1 fully saturated rings. The van der Waals surface area contributed by atoms with Crippen LogP contribution in [0.3, 0.4) is 0 Å². The molecule has 106 valence electrons. The average molecular weight is 265 g/mol. The lowest BCUT2D eigenvalue weighted by Gasteiger charge is -2.22. The number of nitrogens with one attached hydrogen (secondary N) is 2. The number of aromatic nitrogens is 3. The summed E-state index contributed by atoms with van der Waals surface area (Å²) >= 11 is 0. The van der Waals surface area contributed by atoms with Crippen LogP contribution in [0, 0.1) is 0 Å². The summed E-state index contributed by atoms with van der Waals surface area (Å²) in [5.41, 5.74) is 0. The molecule has 1 aromatic rings. The quantitative estimate of drug-likeness (QED) is 0.823. The van der Waals surface area contributed by atoms with Gasteiger partial charge in [0.05, 0.1) is 6.61 Å². The molecule has 1 saturated carbocycles. The molecule has 1 aromatic heterocycles. The van der Waals surface area contributed by atoms with Gasteiger partial charge >= 0.3 is 6.01 Å². The number of ether oxygens (including phenoxy) is 1. The van der Waals surface area contributed by atoms with Crippen molar-refractivity contribution in [2.75, 3.05) is 24.3 Å². The minimum atomic E-state index is 0.388. The van der Waals surface area contributed by atoms with Crippen LogP contribution in [-0.4, -0.2) is 34.6 Å². The van der Waals surface area contributed by atoms with Gasteiger partial charge in [-0.05, 0) is 19.3 Å². The highest BCUT2D eigenvalue weighted by Crippen LogP contribution is 2.21. The number of hydrogen-bond acceptors (Lipinski definition) is 6. The Bertz CT molecular complexity index is 393. The zero-order chi connectivity index (χ0) is 13.5. The third-order valence-corrected chi connectivity index (χ3v) is 3.21. The van der Waals surface area contributed by atoms with Crippen molar-refractivity contribution in [3.8, 4) is 6.01 Å². The summed E-state index contributed by atoms with van der Waals surface area (Å²) in [5.74, 6) is 1.15. The van der Waals surface area contributed by atoms with Crippen molar-refractivity contribution >= 4 is 11.9 Å². The maximum absolute atomic E-state index is 5.49. The van der Waals surface area contributed by atoms with Gasteiger partial charge in [0.15, 0.2) is 0 Å². The van der Waals surface area contributed by atoms with Crippen molar-refractivity contribution in [2.24, 2.45) is 0 Å². The van der Waals surface area contributed by atoms with E-state index in [4.69, 9.17) is 4.74 Å². The Morgan fingerprint density at radius 3 is 2.53 bits per heavy atom. The van der Waals surface area contributed by atoms with E-state index in [1.807, 2.05) is 0 Å². The molecule has 0 saturated heterocycles. The van der Waals surface area contributed by atoms with Crippen LogP contribution in [0.1, 0.15) is 45.4 Å². The van der Waals surface area contributed by atoms with Gasteiger partial charge in [0.2, 0.25) is 11.9 Å². The molecular weight excluding hydrogens is 242 g/mol. The average Bonchev–Trinajstić information content (AvgIpc) is 2.46. The molecule has 1 heterocycles. The van der Waals surface area contributed by atoms with E-state index in [0.29, 0.717) is 30.6 Å². The van der Waals surface area contributed by atoms with E-state index in [0.717, 1.165) is 6.42 Å². The Kier molecular flexibility index (Phi) is 5.18. The maximum atomic E-state index is 5.49. The van der Waals surface area contributed by atoms with Crippen LogP contribution in [0.15, 0.2) is 0 Å². The van der Waals surface area contributed by atoms with Crippen LogP contribution in [0.5, 0.6) is 6.01 Å². The van der Waals surface area contributed by atoms with Gasteiger partial charge in [-0.2, -0.15) is 15.0 Å². The summed E-state index contributed by atoms with van der Waals surface area (Å²) in [6, 6.07) is 0.861. The highest BCUT2D eigenvalue weighted by molar-refractivity contribution is 5.36. The van der Waals surface area contributed by atoms with Gasteiger partial charge in [0.25, 0.3) is 0 Å². The van der Waals surface area contributed by atoms with Crippen LogP contribution in [0.25, 0.3) is 0 Å². The van der Waals surface area contributed by atoms with E-state index >= 15 is 0 Å². The lowest BCUT2D eigenvalue weighted by molar-refractivity contribution is 0.292. The largest absolute Gasteiger partial charge is 0.463 e. The van der Waals surface area contributed by atoms with Crippen LogP contribution in [0.4, 0.5) is 11.9 Å². The Morgan fingerprint density at radius 2 is 1.84 bits per heavy atom. The van der Waals surface area contributed by atoms with Gasteiger partial charge in [-0.15, -0.1) is 0 Å². The summed E-state index contributed by atoms with van der Waals surface area (Å²) in [6.45, 7) is 2.68. The molecule has 0 bridgehead atoms. The molecule has 0 radical (unpaired) electrons. The summed E-state index contributed by atoms with van der Waals surface area (Å²) in [7, 11) is 1.79. The van der Waals surface area contributed by atoms with Crippen molar-refractivity contribution in [1.82, 2.24) is 15.0 Å². The molecule has 0 aliphatic heterocycles. The van der Waals surface area contributed by atoms with Gasteiger partial charge in [-0.25, -0.2) is 0 Å². The van der Waals surface area contributed by atoms with E-state index < -0.39 is 0 Å². The normalized spacial score (nSPS) is 16.1. The minimum Gasteiger partial charge on any atom is -0.463 e. The molecule has 0 unspecified atom stereocenters. The molecule has 0 spiro atoms. The van der Waals surface area contributed by atoms with Crippen molar-refractivity contribution < 1.29 is 4.74 Å². The molecule has 19 heavy (non-hydrogen) atoms. The lowest BCUT2D eigenvalue weighted by Crippen LogP contribution is -2.24. The van der Waals surface area contributed by atoms with E-state index in [1.54, 1.807) is 7.05 Å². The van der Waals surface area contributed by atoms with Gasteiger partial charge < -0.3 is 15.4 Å². The summed E-state index contributed by atoms with van der Waals surface area (Å²) < 4.78 is 5.49. The van der Waals surface area contributed by atoms with E-state index in [9.17, 15) is 0 Å². The fourth-order valence-electron chi connectivity index (χ4n) is 2.22. The summed E-state index contributed by atoms with van der Waals surface area (Å²) in [6.07, 6.45) is 7.20. The molecule has 1 aliphatic carbocycles. The van der Waals surface area contributed by atoms with Gasteiger partial charge in [-0.1, -0.05) is 26.2 Å². The second kappa shape index (κ2) is 7.11. The van der Waals surface area contributed by atoms with Crippen molar-refractivity contribution in [1.29, 1.82) is 0 Å². The first-order valence-corrected chi connectivity index (χ1v) is 7.15. The molecule has 0 atom stereocenters. The lowest BCUT2D eigenvalue weighted by atomic mass is 9.96. The first-order valence-electron chi connectivity index (χ1n) is 7.15. The smallest absolute Gasteiger partial charge is 0.323 e. The number of rotatable bonds is 6. The Hall–Kier alpha value is -1.59. The molecule has 0 aromatic carbocycles. The topological polar surface area (TPSA) is 72.0 Å². The van der Waals surface area contributed by atoms with Crippen LogP contribution in [-0.2, 0) is 0 Å². The standard InChI is InChI=1S/C13H23N5O/c1-3-9-19-13-17-11(14-2)16-12(18-13)15-10-7-5-4-6-8-10/h10H,3-9H2,1-2H3,(H2,14,15,16,17,18). The predicted molar refractivity (Wildman–Crippen MR) is 75.7 cm³/mol. The monoisotopic (exact) mass is 265 g/mol. The van der Waals surface area contributed by atoms with Crippen LogP contribution < -0.4 is 15.4 Å². The second-order valence-electron chi connectivity index (χ2n) is 4.84. The van der Waals surface area contributed by atoms with Gasteiger partial charge in [0.1, 0.15) is 0 Å². The van der Waals surface area contributed by atoms with E-state index in [2.05, 4.69) is 32.5 Å². The molecule has 6 nitrogen and oxygen atoms in total. The van der Waals surface area contributed by atoms with Crippen molar-refractivity contribution in [3.05, 3.63) is 0 Å². The van der Waals surface area contributed by atoms with Crippen molar-refractivity contribution in [3.63, 3.8) is 0 Å². The molecule has 2 N–H and O–H groups in total. The summed E-state index contributed by atoms with van der Waals surface area (Å²) in [4.78, 5) is 12.8. The van der Waals surface area contributed by atoms with E-state index in [1.165, 1.54) is 32.1 Å². The third-order valence-electron chi connectivity index (χ3n) is 3.21. The first-order chi connectivity index (χ1) is 9.31. The number of nitrogens with zero attached hydrogens (tertiary/aromatic N) is 3. The predicted octanol–water partition coefficient (Wildman–Crippen LogP) is 2.45. The fourth-order valence-corrected chi connectivity index (χ4v) is 2.22. The van der Waals surface area contributed by atoms with Gasteiger partial charge in [0, 0.05) is 13.1 Å². The van der Waals surface area contributed by atoms with Crippen LogP contribution >= 0.6 is 0 Å². The van der Waals surface area contributed by atoms with Gasteiger partial charge in [-0.3, -0.25) is 0 Å². The molecule has 2 rings (SSSR count). The number of anilines is 2. The zero-order valence-electron chi connectivity index (χ0n) is 11.8. The highest BCUT2D eigenvalue weighted by atomic mass is 16.5. The Labute approximate surface area is 114 Å². The fraction of sp³-hybridized carbons (Fsp3) is 0.769. The Balaban J connectivity index is 2.04. The molecule has 6 heteroatoms. The molecule has 0 amide bonds. The minimum absolute atomic E-state index is 0.388. The highest BCUT2D eigenvalue weighted by Gasteiger charge is 2.15. The maximum Gasteiger partial charge on any atom is 0.323 e. The van der Waals surface area contributed by atoms with Crippen LogP contribution in [0.2, 0.25) is 0 Å². The Morgan fingerprint density at radius 1 is 1.11 bits per heavy atom. The molecular formula is C13H23N5O. The first kappa shape index (κ1) is 13.8.